The molecule has 1 atom stereocenters. The number of rotatable bonds is 8. The first kappa shape index (κ1) is 23.5. The number of amides is 2. The van der Waals surface area contributed by atoms with Crippen LogP contribution in [0.25, 0.3) is 0 Å². The van der Waals surface area contributed by atoms with Gasteiger partial charge in [0.05, 0.1) is 22.4 Å². The van der Waals surface area contributed by atoms with Crippen molar-refractivity contribution < 1.29 is 9.59 Å². The van der Waals surface area contributed by atoms with E-state index in [0.717, 1.165) is 4.88 Å². The number of hydrogen-bond acceptors (Lipinski definition) is 7. The molecule has 0 aliphatic carbocycles. The van der Waals surface area contributed by atoms with E-state index >= 15 is 0 Å². The lowest BCUT2D eigenvalue weighted by Gasteiger charge is -2.20. The number of thioether (sulfide) groups is 1. The number of aromatic amines is 1. The molecule has 3 aromatic rings. The van der Waals surface area contributed by atoms with Crippen LogP contribution in [0, 0.1) is 12.8 Å². The van der Waals surface area contributed by atoms with Gasteiger partial charge in [-0.15, -0.1) is 16.4 Å². The van der Waals surface area contributed by atoms with Crippen molar-refractivity contribution >= 4 is 63.2 Å². The average Bonchev–Trinajstić information content (AvgIpc) is 3.33. The predicted octanol–water partition coefficient (Wildman–Crippen LogP) is 4.73. The van der Waals surface area contributed by atoms with E-state index in [1.54, 1.807) is 18.3 Å². The summed E-state index contributed by atoms with van der Waals surface area (Å²) in [6.07, 6.45) is 1.70. The maximum absolute atomic E-state index is 12.7. The van der Waals surface area contributed by atoms with Gasteiger partial charge in [-0.2, -0.15) is 0 Å². The van der Waals surface area contributed by atoms with Crippen LogP contribution in [0.15, 0.2) is 29.6 Å². The molecule has 0 aliphatic heterocycles. The van der Waals surface area contributed by atoms with Crippen LogP contribution in [-0.4, -0.2) is 37.7 Å². The van der Waals surface area contributed by atoms with Crippen LogP contribution in [0.4, 0.5) is 5.13 Å². The molecule has 0 fully saturated rings. The quantitative estimate of drug-likeness (QED) is 0.386. The normalized spacial score (nSPS) is 12.1. The van der Waals surface area contributed by atoms with Crippen molar-refractivity contribution in [2.75, 3.05) is 11.1 Å². The number of nitrogens with zero attached hydrogens (tertiary/aromatic N) is 3. The second kappa shape index (κ2) is 10.4. The number of nitrogens with one attached hydrogen (secondary N) is 3. The lowest BCUT2D eigenvalue weighted by Crippen LogP contribution is -2.32. The number of hydrogen-bond donors (Lipinski definition) is 3. The SMILES string of the molecule is Cc1cnc(NC(=O)CSc2n[nH]c([C@@H](NC(=O)c3ccc(Cl)cc3Cl)C(C)C)n2)s1. The molecule has 0 saturated carbocycles. The number of carbonyl (C=O) groups excluding carboxylic acids is 2. The van der Waals surface area contributed by atoms with Crippen molar-refractivity contribution in [2.24, 2.45) is 5.92 Å². The summed E-state index contributed by atoms with van der Waals surface area (Å²) in [7, 11) is 0. The van der Waals surface area contributed by atoms with Crippen molar-refractivity contribution in [1.29, 1.82) is 0 Å². The minimum absolute atomic E-state index is 0.0252. The topological polar surface area (TPSA) is 113 Å². The van der Waals surface area contributed by atoms with Gasteiger partial charge in [0.15, 0.2) is 5.13 Å². The monoisotopic (exact) mass is 498 g/mol. The summed E-state index contributed by atoms with van der Waals surface area (Å²) in [5, 5.41) is 14.3. The molecule has 0 spiro atoms. The zero-order chi connectivity index (χ0) is 22.5. The zero-order valence-electron chi connectivity index (χ0n) is 16.9. The molecule has 8 nitrogen and oxygen atoms in total. The average molecular weight is 499 g/mol. The summed E-state index contributed by atoms with van der Waals surface area (Å²) in [6.45, 7) is 5.82. The third kappa shape index (κ3) is 6.42. The number of halogens is 2. The molecule has 12 heteroatoms. The number of thiazole rings is 1. The summed E-state index contributed by atoms with van der Waals surface area (Å²) in [4.78, 5) is 34.3. The number of anilines is 1. The van der Waals surface area contributed by atoms with Crippen molar-refractivity contribution in [3.8, 4) is 0 Å². The molecule has 0 bridgehead atoms. The van der Waals surface area contributed by atoms with E-state index in [1.807, 2.05) is 20.8 Å². The molecular formula is C19H20Cl2N6O2S2. The highest BCUT2D eigenvalue weighted by Gasteiger charge is 2.24. The van der Waals surface area contributed by atoms with Gasteiger partial charge in [-0.3, -0.25) is 14.7 Å². The number of carbonyl (C=O) groups is 2. The summed E-state index contributed by atoms with van der Waals surface area (Å²) in [6, 6.07) is 4.27. The van der Waals surface area contributed by atoms with Crippen molar-refractivity contribution in [3.63, 3.8) is 0 Å². The van der Waals surface area contributed by atoms with Crippen LogP contribution in [0.1, 0.15) is 40.9 Å². The van der Waals surface area contributed by atoms with Crippen LogP contribution in [0.5, 0.6) is 0 Å². The van der Waals surface area contributed by atoms with Gasteiger partial charge in [0.25, 0.3) is 5.91 Å². The van der Waals surface area contributed by atoms with Gasteiger partial charge in [0.2, 0.25) is 11.1 Å². The highest BCUT2D eigenvalue weighted by Crippen LogP contribution is 2.25. The number of aromatic nitrogens is 4. The Morgan fingerprint density at radius 2 is 2.06 bits per heavy atom. The van der Waals surface area contributed by atoms with Gasteiger partial charge >= 0.3 is 0 Å². The summed E-state index contributed by atoms with van der Waals surface area (Å²) >= 11 is 14.6. The van der Waals surface area contributed by atoms with E-state index in [-0.39, 0.29) is 28.5 Å². The van der Waals surface area contributed by atoms with E-state index in [4.69, 9.17) is 23.2 Å². The fourth-order valence-electron chi connectivity index (χ4n) is 2.60. The lowest BCUT2D eigenvalue weighted by atomic mass is 10.0. The van der Waals surface area contributed by atoms with E-state index in [2.05, 4.69) is 30.8 Å². The molecule has 2 amide bonds. The summed E-state index contributed by atoms with van der Waals surface area (Å²) in [5.74, 6) is 0.111. The molecule has 2 heterocycles. The molecule has 1 aromatic carbocycles. The first-order chi connectivity index (χ1) is 14.7. The third-order valence-corrected chi connectivity index (χ3v) is 6.33. The van der Waals surface area contributed by atoms with E-state index in [1.165, 1.54) is 29.2 Å². The Morgan fingerprint density at radius 1 is 1.29 bits per heavy atom. The van der Waals surface area contributed by atoms with E-state index in [9.17, 15) is 9.59 Å². The Kier molecular flexibility index (Phi) is 7.93. The molecular weight excluding hydrogens is 479 g/mol. The molecule has 0 aliphatic rings. The van der Waals surface area contributed by atoms with E-state index in [0.29, 0.717) is 26.7 Å². The van der Waals surface area contributed by atoms with Gasteiger partial charge in [0, 0.05) is 16.1 Å². The van der Waals surface area contributed by atoms with Gasteiger partial charge in [-0.1, -0.05) is 48.8 Å². The minimum Gasteiger partial charge on any atom is -0.342 e. The van der Waals surface area contributed by atoms with Crippen LogP contribution in [0.3, 0.4) is 0 Å². The largest absolute Gasteiger partial charge is 0.342 e. The molecule has 0 saturated heterocycles. The maximum Gasteiger partial charge on any atom is 0.253 e. The van der Waals surface area contributed by atoms with Crippen LogP contribution in [-0.2, 0) is 4.79 Å². The number of aryl methyl sites for hydroxylation is 1. The Balaban J connectivity index is 1.62. The predicted molar refractivity (Wildman–Crippen MR) is 124 cm³/mol. The van der Waals surface area contributed by atoms with Crippen molar-refractivity contribution in [2.45, 2.75) is 32.0 Å². The van der Waals surface area contributed by atoms with Crippen molar-refractivity contribution in [1.82, 2.24) is 25.5 Å². The smallest absolute Gasteiger partial charge is 0.253 e. The Labute approximate surface area is 197 Å². The third-order valence-electron chi connectivity index (χ3n) is 4.11. The van der Waals surface area contributed by atoms with E-state index < -0.39 is 6.04 Å². The molecule has 164 valence electrons. The minimum atomic E-state index is -0.423. The van der Waals surface area contributed by atoms with Gasteiger partial charge in [-0.25, -0.2) is 9.97 Å². The van der Waals surface area contributed by atoms with Crippen LogP contribution in [0.2, 0.25) is 10.0 Å². The highest BCUT2D eigenvalue weighted by molar-refractivity contribution is 7.99. The van der Waals surface area contributed by atoms with Gasteiger partial charge in [-0.05, 0) is 31.0 Å². The second-order valence-corrected chi connectivity index (χ2v) is 9.96. The molecule has 0 unspecified atom stereocenters. The standard InChI is InChI=1S/C19H20Cl2N6O2S2/c1-9(2)15(24-17(29)12-5-4-11(20)6-13(12)21)16-25-19(27-26-16)30-8-14(28)23-18-22-7-10(3)31-18/h4-7,9,15H,8H2,1-3H3,(H,24,29)(H,22,23,28)(H,25,26,27)/t15-/m0/s1. The number of H-pyrrole nitrogens is 1. The molecule has 31 heavy (non-hydrogen) atoms. The second-order valence-electron chi connectivity index (χ2n) is 6.94. The molecule has 0 radical (unpaired) electrons. The molecule has 2 aromatic heterocycles. The highest BCUT2D eigenvalue weighted by atomic mass is 35.5. The van der Waals surface area contributed by atoms with Gasteiger partial charge < -0.3 is 10.6 Å². The van der Waals surface area contributed by atoms with Crippen LogP contribution < -0.4 is 10.6 Å². The van der Waals surface area contributed by atoms with Crippen LogP contribution >= 0.6 is 46.3 Å². The lowest BCUT2D eigenvalue weighted by molar-refractivity contribution is -0.113. The molecule has 3 N–H and O–H groups in total. The Morgan fingerprint density at radius 3 is 2.71 bits per heavy atom. The van der Waals surface area contributed by atoms with Gasteiger partial charge in [0.1, 0.15) is 5.82 Å². The first-order valence-electron chi connectivity index (χ1n) is 9.26. The summed E-state index contributed by atoms with van der Waals surface area (Å²) < 4.78 is 0. The molecule has 3 rings (SSSR count). The zero-order valence-corrected chi connectivity index (χ0v) is 20.0. The summed E-state index contributed by atoms with van der Waals surface area (Å²) in [5.41, 5.74) is 0.319. The number of benzene rings is 1. The van der Waals surface area contributed by atoms with Crippen molar-refractivity contribution in [3.05, 3.63) is 50.7 Å². The Bertz CT molecular complexity index is 1090. The maximum atomic E-state index is 12.7. The first-order valence-corrected chi connectivity index (χ1v) is 11.8. The fourth-order valence-corrected chi connectivity index (χ4v) is 4.38. The fraction of sp³-hybridized carbons (Fsp3) is 0.316. The Hall–Kier alpha value is -2.14.